The molecule has 6 nitrogen and oxygen atoms in total. The highest BCUT2D eigenvalue weighted by atomic mass is 16.6. The Bertz CT molecular complexity index is 1200. The second-order valence-electron chi connectivity index (χ2n) is 18.9. The van der Waals surface area contributed by atoms with Crippen molar-refractivity contribution in [2.45, 2.75) is 290 Å². The molecule has 0 saturated heterocycles. The maximum Gasteiger partial charge on any atom is 0.306 e. The van der Waals surface area contributed by atoms with Crippen LogP contribution in [0.3, 0.4) is 0 Å². The van der Waals surface area contributed by atoms with Crippen LogP contribution in [0.1, 0.15) is 284 Å². The summed E-state index contributed by atoms with van der Waals surface area (Å²) >= 11 is 0. The molecule has 1 atom stereocenters. The number of unbranched alkanes of at least 4 members (excludes halogenated alkanes) is 32. The van der Waals surface area contributed by atoms with Gasteiger partial charge in [0.1, 0.15) is 13.2 Å². The Morgan fingerprint density at radius 2 is 0.606 bits per heavy atom. The van der Waals surface area contributed by atoms with E-state index in [1.54, 1.807) is 0 Å². The van der Waals surface area contributed by atoms with Gasteiger partial charge in [0.05, 0.1) is 0 Å². The van der Waals surface area contributed by atoms with E-state index in [9.17, 15) is 14.4 Å². The molecule has 0 N–H and O–H groups in total. The first-order valence-electron chi connectivity index (χ1n) is 28.3. The highest BCUT2D eigenvalue weighted by molar-refractivity contribution is 5.71. The van der Waals surface area contributed by atoms with Crippen LogP contribution in [0.15, 0.2) is 60.8 Å². The van der Waals surface area contributed by atoms with Crippen molar-refractivity contribution in [2.24, 2.45) is 0 Å². The molecule has 0 aliphatic heterocycles. The van der Waals surface area contributed by atoms with Crippen LogP contribution in [0.5, 0.6) is 0 Å². The van der Waals surface area contributed by atoms with Crippen molar-refractivity contribution >= 4 is 17.9 Å². The van der Waals surface area contributed by atoms with Crippen molar-refractivity contribution in [3.05, 3.63) is 60.8 Å². The van der Waals surface area contributed by atoms with E-state index >= 15 is 0 Å². The predicted molar refractivity (Wildman–Crippen MR) is 284 cm³/mol. The average Bonchev–Trinajstić information content (AvgIpc) is 3.31. The molecular formula is C60H106O6. The number of ether oxygens (including phenoxy) is 3. The van der Waals surface area contributed by atoms with E-state index in [0.29, 0.717) is 19.3 Å². The molecule has 0 rings (SSSR count). The summed E-state index contributed by atoms with van der Waals surface area (Å²) in [6.07, 6.45) is 67.8. The van der Waals surface area contributed by atoms with Crippen molar-refractivity contribution in [3.8, 4) is 0 Å². The van der Waals surface area contributed by atoms with E-state index in [1.165, 1.54) is 154 Å². The molecule has 0 aliphatic carbocycles. The molecular weight excluding hydrogens is 817 g/mol. The SMILES string of the molecule is CC/C=C/C=C/C=C/CCCCCCCC(=O)OCC(COC(=O)CCCCCCC/C=C/CCCCCCCCCCC)OC(=O)CCCCCCCCC/C=C/CCCCCCCC. The molecule has 6 heteroatoms. The largest absolute Gasteiger partial charge is 0.462 e. The molecule has 0 radical (unpaired) electrons. The van der Waals surface area contributed by atoms with E-state index < -0.39 is 6.10 Å². The molecule has 66 heavy (non-hydrogen) atoms. The number of esters is 3. The summed E-state index contributed by atoms with van der Waals surface area (Å²) in [6.45, 7) is 6.50. The Balaban J connectivity index is 4.39. The van der Waals surface area contributed by atoms with Gasteiger partial charge in [0, 0.05) is 19.3 Å². The Labute approximate surface area is 409 Å². The summed E-state index contributed by atoms with van der Waals surface area (Å²) in [4.78, 5) is 38.1. The molecule has 382 valence electrons. The molecule has 0 aromatic heterocycles. The minimum atomic E-state index is -0.788. The second-order valence-corrected chi connectivity index (χ2v) is 18.9. The molecule has 0 heterocycles. The first-order chi connectivity index (χ1) is 32.5. The van der Waals surface area contributed by atoms with Gasteiger partial charge in [0.15, 0.2) is 6.10 Å². The molecule has 0 aliphatic rings. The first-order valence-corrected chi connectivity index (χ1v) is 28.3. The van der Waals surface area contributed by atoms with Gasteiger partial charge in [0.2, 0.25) is 0 Å². The van der Waals surface area contributed by atoms with Crippen LogP contribution in [-0.2, 0) is 28.6 Å². The van der Waals surface area contributed by atoms with E-state index in [4.69, 9.17) is 14.2 Å². The fourth-order valence-corrected chi connectivity index (χ4v) is 8.02. The van der Waals surface area contributed by atoms with E-state index in [2.05, 4.69) is 81.5 Å². The van der Waals surface area contributed by atoms with Crippen molar-refractivity contribution in [2.75, 3.05) is 13.2 Å². The fraction of sp³-hybridized carbons (Fsp3) is 0.783. The standard InChI is InChI=1S/C60H106O6/c1-4-7-10-13-16-19-22-25-27-29-31-32-35-38-41-44-47-50-53-59(62)65-56-57(55-64-58(61)52-49-46-43-40-37-34-24-21-18-15-12-9-6-3)66-60(63)54-51-48-45-42-39-36-33-30-28-26-23-20-17-14-11-8-5-2/h9,12,15,18,21,24,26,28,31-32,57H,4-8,10-11,13-14,16-17,19-20,22-23,25,27,29-30,33-56H2,1-3H3/b12-9+,18-15+,24-21+,28-26+,32-31+. The molecule has 0 amide bonds. The summed E-state index contributed by atoms with van der Waals surface area (Å²) in [5, 5.41) is 0. The smallest absolute Gasteiger partial charge is 0.306 e. The molecule has 0 bridgehead atoms. The van der Waals surface area contributed by atoms with E-state index in [1.807, 2.05) is 0 Å². The number of rotatable bonds is 51. The van der Waals surface area contributed by atoms with Crippen molar-refractivity contribution in [1.82, 2.24) is 0 Å². The lowest BCUT2D eigenvalue weighted by Gasteiger charge is -2.18. The van der Waals surface area contributed by atoms with Gasteiger partial charge in [0.25, 0.3) is 0 Å². The predicted octanol–water partition coefficient (Wildman–Crippen LogP) is 18.8. The highest BCUT2D eigenvalue weighted by Gasteiger charge is 2.19. The average molecular weight is 924 g/mol. The Kier molecular flexibility index (Phi) is 52.3. The van der Waals surface area contributed by atoms with Crippen LogP contribution >= 0.6 is 0 Å². The van der Waals surface area contributed by atoms with Crippen LogP contribution < -0.4 is 0 Å². The summed E-state index contributed by atoms with van der Waals surface area (Å²) in [5.41, 5.74) is 0. The zero-order valence-corrected chi connectivity index (χ0v) is 43.7. The number of carbonyl (C=O) groups is 3. The highest BCUT2D eigenvalue weighted by Crippen LogP contribution is 2.15. The van der Waals surface area contributed by atoms with Crippen LogP contribution in [0, 0.1) is 0 Å². The van der Waals surface area contributed by atoms with Crippen molar-refractivity contribution in [1.29, 1.82) is 0 Å². The van der Waals surface area contributed by atoms with Crippen LogP contribution in [0.25, 0.3) is 0 Å². The molecule has 1 unspecified atom stereocenters. The normalized spacial score (nSPS) is 12.5. The van der Waals surface area contributed by atoms with Gasteiger partial charge in [-0.1, -0.05) is 236 Å². The maximum absolute atomic E-state index is 12.8. The number of allylic oxidation sites excluding steroid dienone is 10. The van der Waals surface area contributed by atoms with Gasteiger partial charge < -0.3 is 14.2 Å². The molecule has 0 aromatic carbocycles. The van der Waals surface area contributed by atoms with E-state index in [0.717, 1.165) is 89.9 Å². The van der Waals surface area contributed by atoms with Crippen LogP contribution in [-0.4, -0.2) is 37.2 Å². The maximum atomic E-state index is 12.8. The summed E-state index contributed by atoms with van der Waals surface area (Å²) < 4.78 is 16.8. The second kappa shape index (κ2) is 54.7. The van der Waals surface area contributed by atoms with Gasteiger partial charge in [-0.2, -0.15) is 0 Å². The fourth-order valence-electron chi connectivity index (χ4n) is 8.02. The zero-order valence-electron chi connectivity index (χ0n) is 43.7. The van der Waals surface area contributed by atoms with Gasteiger partial charge in [-0.3, -0.25) is 14.4 Å². The Hall–Kier alpha value is -2.89. The van der Waals surface area contributed by atoms with Gasteiger partial charge in [-0.15, -0.1) is 0 Å². The van der Waals surface area contributed by atoms with E-state index in [-0.39, 0.29) is 31.1 Å². The summed E-state index contributed by atoms with van der Waals surface area (Å²) in [6, 6.07) is 0. The van der Waals surface area contributed by atoms with Gasteiger partial charge >= 0.3 is 17.9 Å². The summed E-state index contributed by atoms with van der Waals surface area (Å²) in [5.74, 6) is -0.910. The number of carbonyl (C=O) groups excluding carboxylic acids is 3. The lowest BCUT2D eigenvalue weighted by atomic mass is 10.1. The number of hydrogen-bond acceptors (Lipinski definition) is 6. The molecule has 0 aromatic rings. The first kappa shape index (κ1) is 63.1. The van der Waals surface area contributed by atoms with Crippen LogP contribution in [0.4, 0.5) is 0 Å². The zero-order chi connectivity index (χ0) is 47.9. The number of hydrogen-bond donors (Lipinski definition) is 0. The topological polar surface area (TPSA) is 78.9 Å². The van der Waals surface area contributed by atoms with Gasteiger partial charge in [-0.25, -0.2) is 0 Å². The lowest BCUT2D eigenvalue weighted by molar-refractivity contribution is -0.167. The van der Waals surface area contributed by atoms with Crippen LogP contribution in [0.2, 0.25) is 0 Å². The molecule has 0 spiro atoms. The Morgan fingerprint density at radius 3 is 0.955 bits per heavy atom. The quantitative estimate of drug-likeness (QED) is 0.0199. The molecule has 0 saturated carbocycles. The third-order valence-corrected chi connectivity index (χ3v) is 12.3. The van der Waals surface area contributed by atoms with Gasteiger partial charge in [-0.05, 0) is 89.9 Å². The van der Waals surface area contributed by atoms with Crippen molar-refractivity contribution < 1.29 is 28.6 Å². The third-order valence-electron chi connectivity index (χ3n) is 12.3. The third kappa shape index (κ3) is 52.1. The minimum Gasteiger partial charge on any atom is -0.462 e. The van der Waals surface area contributed by atoms with Crippen molar-refractivity contribution in [3.63, 3.8) is 0 Å². The molecule has 0 fully saturated rings. The monoisotopic (exact) mass is 923 g/mol. The Morgan fingerprint density at radius 1 is 0.318 bits per heavy atom. The lowest BCUT2D eigenvalue weighted by Crippen LogP contribution is -2.30. The summed E-state index contributed by atoms with van der Waals surface area (Å²) in [7, 11) is 0. The minimum absolute atomic E-state index is 0.0862.